The zero-order valence-corrected chi connectivity index (χ0v) is 17.7. The van der Waals surface area contributed by atoms with Crippen LogP contribution < -0.4 is 5.32 Å². The summed E-state index contributed by atoms with van der Waals surface area (Å²) >= 11 is 6.04. The number of hydrogen-bond acceptors (Lipinski definition) is 2. The minimum atomic E-state index is -0.531. The third kappa shape index (κ3) is 4.85. The lowest BCUT2D eigenvalue weighted by Gasteiger charge is -2.27. The predicted molar refractivity (Wildman–Crippen MR) is 114 cm³/mol. The van der Waals surface area contributed by atoms with Crippen LogP contribution in [0.1, 0.15) is 57.6 Å². The highest BCUT2D eigenvalue weighted by Gasteiger charge is 2.24. The van der Waals surface area contributed by atoms with Crippen LogP contribution in [0.3, 0.4) is 0 Å². The van der Waals surface area contributed by atoms with Crippen LogP contribution in [0.15, 0.2) is 42.1 Å². The second-order valence-electron chi connectivity index (χ2n) is 8.55. The number of piperidine rings is 1. The molecule has 4 nitrogen and oxygen atoms in total. The summed E-state index contributed by atoms with van der Waals surface area (Å²) in [7, 11) is 0. The van der Waals surface area contributed by atoms with Crippen molar-refractivity contribution in [2.24, 2.45) is 0 Å². The van der Waals surface area contributed by atoms with Gasteiger partial charge in [-0.15, -0.1) is 11.6 Å². The Bertz CT molecular complexity index is 803. The lowest BCUT2D eigenvalue weighted by atomic mass is 9.86. The fourth-order valence-electron chi connectivity index (χ4n) is 3.56. The summed E-state index contributed by atoms with van der Waals surface area (Å²) in [6.45, 7) is 7.90. The molecule has 1 N–H and O–H groups in total. The molecular weight excluding hydrogens is 372 g/mol. The molecule has 28 heavy (non-hydrogen) atoms. The van der Waals surface area contributed by atoms with Gasteiger partial charge in [0.05, 0.1) is 0 Å². The van der Waals surface area contributed by atoms with Gasteiger partial charge < -0.3 is 10.2 Å². The minimum Gasteiger partial charge on any atom is -0.339 e. The SMILES string of the molecule is CC(C)(C)c1ccc(/C(=C\CN2CCCCC2=O)C2=CCC(Cl)C(=O)N2)cc1. The van der Waals surface area contributed by atoms with E-state index in [0.717, 1.165) is 36.2 Å². The number of halogens is 1. The van der Waals surface area contributed by atoms with E-state index in [0.29, 0.717) is 19.4 Å². The number of nitrogens with one attached hydrogen (secondary N) is 1. The molecule has 1 fully saturated rings. The van der Waals surface area contributed by atoms with Gasteiger partial charge in [0.15, 0.2) is 0 Å². The maximum Gasteiger partial charge on any atom is 0.242 e. The summed E-state index contributed by atoms with van der Waals surface area (Å²) in [4.78, 5) is 26.2. The Labute approximate surface area is 172 Å². The first kappa shape index (κ1) is 20.7. The molecule has 0 spiro atoms. The van der Waals surface area contributed by atoms with Gasteiger partial charge in [0.1, 0.15) is 5.38 Å². The van der Waals surface area contributed by atoms with Crippen molar-refractivity contribution in [2.75, 3.05) is 13.1 Å². The molecule has 5 heteroatoms. The summed E-state index contributed by atoms with van der Waals surface area (Å²) in [6, 6.07) is 8.43. The second-order valence-corrected chi connectivity index (χ2v) is 9.08. The number of carbonyl (C=O) groups excluding carboxylic acids is 2. The van der Waals surface area contributed by atoms with Gasteiger partial charge in [-0.2, -0.15) is 0 Å². The van der Waals surface area contributed by atoms with E-state index in [1.165, 1.54) is 5.56 Å². The van der Waals surface area contributed by atoms with Crippen molar-refractivity contribution < 1.29 is 9.59 Å². The molecule has 2 aliphatic rings. The maximum atomic E-state index is 12.2. The molecule has 1 aromatic carbocycles. The monoisotopic (exact) mass is 400 g/mol. The van der Waals surface area contributed by atoms with E-state index in [1.54, 1.807) is 0 Å². The Kier molecular flexibility index (Phi) is 6.29. The number of hydrogen-bond donors (Lipinski definition) is 1. The average Bonchev–Trinajstić information content (AvgIpc) is 2.66. The Hall–Kier alpha value is -2.07. The second kappa shape index (κ2) is 8.52. The van der Waals surface area contributed by atoms with E-state index in [9.17, 15) is 9.59 Å². The van der Waals surface area contributed by atoms with E-state index < -0.39 is 5.38 Å². The van der Waals surface area contributed by atoms with Gasteiger partial charge in [-0.25, -0.2) is 0 Å². The van der Waals surface area contributed by atoms with Gasteiger partial charge in [-0.1, -0.05) is 57.2 Å². The van der Waals surface area contributed by atoms with Gasteiger partial charge in [0.25, 0.3) is 0 Å². The van der Waals surface area contributed by atoms with Gasteiger partial charge >= 0.3 is 0 Å². The summed E-state index contributed by atoms with van der Waals surface area (Å²) in [5, 5.41) is 2.40. The van der Waals surface area contributed by atoms with Crippen molar-refractivity contribution in [3.63, 3.8) is 0 Å². The van der Waals surface area contributed by atoms with Crippen molar-refractivity contribution in [2.45, 2.75) is 57.2 Å². The first-order valence-electron chi connectivity index (χ1n) is 10.00. The quantitative estimate of drug-likeness (QED) is 0.762. The number of likely N-dealkylation sites (tertiary alicyclic amines) is 1. The molecule has 2 amide bonds. The Balaban J connectivity index is 1.91. The molecule has 0 aromatic heterocycles. The molecule has 0 radical (unpaired) electrons. The number of benzene rings is 1. The van der Waals surface area contributed by atoms with Gasteiger partial charge in [0.2, 0.25) is 11.8 Å². The van der Waals surface area contributed by atoms with Crippen LogP contribution >= 0.6 is 11.6 Å². The molecule has 1 aromatic rings. The van der Waals surface area contributed by atoms with Crippen molar-refractivity contribution in [1.82, 2.24) is 10.2 Å². The molecule has 0 bridgehead atoms. The normalized spacial score (nSPS) is 21.4. The Morgan fingerprint density at radius 1 is 1.21 bits per heavy atom. The molecule has 3 rings (SSSR count). The van der Waals surface area contributed by atoms with Crippen LogP contribution in [0, 0.1) is 0 Å². The lowest BCUT2D eigenvalue weighted by Crippen LogP contribution is -2.36. The highest BCUT2D eigenvalue weighted by atomic mass is 35.5. The molecule has 0 saturated carbocycles. The molecule has 1 saturated heterocycles. The summed E-state index contributed by atoms with van der Waals surface area (Å²) < 4.78 is 0. The molecule has 2 heterocycles. The van der Waals surface area contributed by atoms with Crippen LogP contribution in [0.2, 0.25) is 0 Å². The number of amides is 2. The highest BCUT2D eigenvalue weighted by molar-refractivity contribution is 6.31. The van der Waals surface area contributed by atoms with E-state index in [1.807, 2.05) is 11.0 Å². The first-order valence-corrected chi connectivity index (χ1v) is 10.4. The summed E-state index contributed by atoms with van der Waals surface area (Å²) in [6.07, 6.45) is 7.16. The number of alkyl halides is 1. The molecule has 1 atom stereocenters. The zero-order chi connectivity index (χ0) is 20.3. The Morgan fingerprint density at radius 2 is 1.93 bits per heavy atom. The number of carbonyl (C=O) groups is 2. The predicted octanol–water partition coefficient (Wildman–Crippen LogP) is 4.39. The van der Waals surface area contributed by atoms with E-state index in [4.69, 9.17) is 11.6 Å². The lowest BCUT2D eigenvalue weighted by molar-refractivity contribution is -0.132. The third-order valence-electron chi connectivity index (χ3n) is 5.36. The zero-order valence-electron chi connectivity index (χ0n) is 16.9. The van der Waals surface area contributed by atoms with Gasteiger partial charge in [0, 0.05) is 30.8 Å². The molecule has 0 aliphatic carbocycles. The van der Waals surface area contributed by atoms with Crippen molar-refractivity contribution >= 4 is 29.0 Å². The van der Waals surface area contributed by atoms with E-state index in [-0.39, 0.29) is 17.2 Å². The summed E-state index contributed by atoms with van der Waals surface area (Å²) in [5.41, 5.74) is 4.07. The van der Waals surface area contributed by atoms with Crippen molar-refractivity contribution in [3.8, 4) is 0 Å². The fourth-order valence-corrected chi connectivity index (χ4v) is 3.70. The topological polar surface area (TPSA) is 49.4 Å². The van der Waals surface area contributed by atoms with Crippen LogP contribution in [0.5, 0.6) is 0 Å². The van der Waals surface area contributed by atoms with Crippen LogP contribution in [0.4, 0.5) is 0 Å². The van der Waals surface area contributed by atoms with Gasteiger partial charge in [-0.3, -0.25) is 9.59 Å². The maximum absolute atomic E-state index is 12.2. The molecule has 150 valence electrons. The Morgan fingerprint density at radius 3 is 2.54 bits per heavy atom. The largest absolute Gasteiger partial charge is 0.339 e. The van der Waals surface area contributed by atoms with Crippen molar-refractivity contribution in [1.29, 1.82) is 0 Å². The average molecular weight is 401 g/mol. The van der Waals surface area contributed by atoms with Gasteiger partial charge in [-0.05, 0) is 35.8 Å². The first-order chi connectivity index (χ1) is 13.3. The minimum absolute atomic E-state index is 0.0762. The number of nitrogens with zero attached hydrogens (tertiary/aromatic N) is 1. The van der Waals surface area contributed by atoms with Crippen LogP contribution in [-0.2, 0) is 15.0 Å². The van der Waals surface area contributed by atoms with E-state index in [2.05, 4.69) is 56.4 Å². The van der Waals surface area contributed by atoms with Crippen molar-refractivity contribution in [3.05, 3.63) is 53.2 Å². The van der Waals surface area contributed by atoms with E-state index >= 15 is 0 Å². The summed E-state index contributed by atoms with van der Waals surface area (Å²) in [5.74, 6) is 0.0258. The third-order valence-corrected chi connectivity index (χ3v) is 5.74. The molecule has 1 unspecified atom stereocenters. The number of allylic oxidation sites excluding steroid dienone is 2. The molecule has 2 aliphatic heterocycles. The highest BCUT2D eigenvalue weighted by Crippen LogP contribution is 2.29. The standard InChI is InChI=1S/C23H29ClN2O2/c1-23(2,3)17-9-7-16(8-10-17)18(20-12-11-19(24)22(28)25-20)13-15-26-14-5-4-6-21(26)27/h7-10,12-13,19H,4-6,11,14-15H2,1-3H3,(H,25,28)/b18-13+. The van der Waals surface area contributed by atoms with Crippen LogP contribution in [-0.4, -0.2) is 35.2 Å². The number of rotatable bonds is 4. The fraction of sp³-hybridized carbons (Fsp3) is 0.478. The smallest absolute Gasteiger partial charge is 0.242 e. The molecular formula is C23H29ClN2O2. The van der Waals surface area contributed by atoms with Crippen LogP contribution in [0.25, 0.3) is 5.57 Å².